The van der Waals surface area contributed by atoms with Crippen LogP contribution in [-0.2, 0) is 6.54 Å². The second-order valence-corrected chi connectivity index (χ2v) is 8.28. The van der Waals surface area contributed by atoms with E-state index in [4.69, 9.17) is 0 Å². The van der Waals surface area contributed by atoms with Crippen molar-refractivity contribution in [3.63, 3.8) is 0 Å². The van der Waals surface area contributed by atoms with Gasteiger partial charge in [-0.05, 0) is 55.5 Å². The summed E-state index contributed by atoms with van der Waals surface area (Å²) in [6.45, 7) is 7.75. The van der Waals surface area contributed by atoms with Crippen LogP contribution in [0, 0.1) is 10.7 Å². The second kappa shape index (κ2) is 7.93. The molecule has 2 rings (SSSR count). The Balaban J connectivity index is 2.18. The Morgan fingerprint density at radius 3 is 2.52 bits per heavy atom. The van der Waals surface area contributed by atoms with Crippen molar-refractivity contribution in [1.82, 2.24) is 4.90 Å². The van der Waals surface area contributed by atoms with Gasteiger partial charge in [-0.1, -0.05) is 26.0 Å². The molecule has 21 heavy (non-hydrogen) atoms. The van der Waals surface area contributed by atoms with Gasteiger partial charge in [0.05, 0.1) is 0 Å². The maximum Gasteiger partial charge on any atom is 0.119 e. The van der Waals surface area contributed by atoms with E-state index >= 15 is 0 Å². The summed E-state index contributed by atoms with van der Waals surface area (Å²) >= 11 is 1.71. The fraction of sp³-hybridized carbons (Fsp3) is 0.471. The summed E-state index contributed by atoms with van der Waals surface area (Å²) in [6.07, 6.45) is 6.63. The van der Waals surface area contributed by atoms with Gasteiger partial charge >= 0.3 is 0 Å². The number of benzene rings is 1. The van der Waals surface area contributed by atoms with Crippen LogP contribution in [0.2, 0.25) is 0 Å². The van der Waals surface area contributed by atoms with E-state index in [1.54, 1.807) is 11.8 Å². The van der Waals surface area contributed by atoms with Crippen LogP contribution in [0.3, 0.4) is 0 Å². The van der Waals surface area contributed by atoms with Crippen LogP contribution in [0.5, 0.6) is 0 Å². The van der Waals surface area contributed by atoms with Crippen molar-refractivity contribution < 1.29 is 0 Å². The predicted octanol–water partition coefficient (Wildman–Crippen LogP) is 4.82. The number of thiocyanates is 1. The van der Waals surface area contributed by atoms with E-state index in [0.717, 1.165) is 19.6 Å². The maximum absolute atomic E-state index is 9.47. The summed E-state index contributed by atoms with van der Waals surface area (Å²) in [4.78, 5) is 3.76. The average Bonchev–Trinajstić information content (AvgIpc) is 2.84. The van der Waals surface area contributed by atoms with E-state index in [0.29, 0.717) is 0 Å². The zero-order chi connectivity index (χ0) is 15.2. The largest absolute Gasteiger partial charge is 0.299 e. The number of hydrogen-bond acceptors (Lipinski definition) is 3. The quantitative estimate of drug-likeness (QED) is 0.576. The number of thioether (sulfide) groups is 1. The summed E-state index contributed by atoms with van der Waals surface area (Å²) in [7, 11) is -0.768. The van der Waals surface area contributed by atoms with Crippen LogP contribution in [-0.4, -0.2) is 24.2 Å². The first-order valence-corrected chi connectivity index (χ1v) is 10.1. The Kier molecular flexibility index (Phi) is 6.22. The van der Waals surface area contributed by atoms with Crippen LogP contribution in [0.1, 0.15) is 37.8 Å². The lowest BCUT2D eigenvalue weighted by Gasteiger charge is -2.21. The van der Waals surface area contributed by atoms with Crippen LogP contribution in [0.4, 0.5) is 0 Å². The van der Waals surface area contributed by atoms with Gasteiger partial charge in [0.1, 0.15) is 5.40 Å². The minimum absolute atomic E-state index is 0.768. The minimum Gasteiger partial charge on any atom is -0.299 e. The van der Waals surface area contributed by atoms with Crippen LogP contribution >= 0.6 is 22.7 Å². The monoisotopic (exact) mass is 320 g/mol. The summed E-state index contributed by atoms with van der Waals surface area (Å²) in [6, 6.07) is 6.68. The van der Waals surface area contributed by atoms with Crippen molar-refractivity contribution in [2.75, 3.05) is 19.3 Å². The zero-order valence-corrected chi connectivity index (χ0v) is 14.8. The molecule has 0 spiro atoms. The molecule has 2 nitrogen and oxygen atoms in total. The van der Waals surface area contributed by atoms with E-state index < -0.39 is 10.9 Å². The van der Waals surface area contributed by atoms with E-state index in [9.17, 15) is 5.26 Å². The zero-order valence-electron chi connectivity index (χ0n) is 13.1. The van der Waals surface area contributed by atoms with Crippen LogP contribution < -0.4 is 0 Å². The highest BCUT2D eigenvalue weighted by Crippen LogP contribution is 2.55. The molecule has 0 radical (unpaired) electrons. The molecule has 4 heteroatoms. The lowest BCUT2D eigenvalue weighted by molar-refractivity contribution is 0.266. The Bertz CT molecular complexity index is 554. The molecule has 114 valence electrons. The first kappa shape index (κ1) is 16.5. The summed E-state index contributed by atoms with van der Waals surface area (Å²) < 4.78 is 1.23. The predicted molar refractivity (Wildman–Crippen MR) is 96.7 cm³/mol. The highest BCUT2D eigenvalue weighted by atomic mass is 32.2. The van der Waals surface area contributed by atoms with Crippen molar-refractivity contribution in [3.05, 3.63) is 33.6 Å². The maximum atomic E-state index is 9.47. The fourth-order valence-corrected chi connectivity index (χ4v) is 5.53. The average molecular weight is 321 g/mol. The minimum atomic E-state index is -0.768. The Labute approximate surface area is 135 Å². The summed E-state index contributed by atoms with van der Waals surface area (Å²) in [5.41, 5.74) is 2.59. The first-order valence-electron chi connectivity index (χ1n) is 7.54. The number of thiol groups is 1. The van der Waals surface area contributed by atoms with Gasteiger partial charge < -0.3 is 0 Å². The molecule has 1 heterocycles. The van der Waals surface area contributed by atoms with Gasteiger partial charge in [0.25, 0.3) is 0 Å². The van der Waals surface area contributed by atoms with E-state index in [1.807, 2.05) is 0 Å². The van der Waals surface area contributed by atoms with Crippen molar-refractivity contribution >= 4 is 28.7 Å². The number of nitrogens with zero attached hydrogens (tertiary/aromatic N) is 2. The number of hydrogen-bond donors (Lipinski definition) is 1. The van der Waals surface area contributed by atoms with Gasteiger partial charge in [-0.3, -0.25) is 4.90 Å². The lowest BCUT2D eigenvalue weighted by Crippen LogP contribution is -2.24. The summed E-state index contributed by atoms with van der Waals surface area (Å²) in [5.74, 6) is 0. The molecule has 0 bridgehead atoms. The Morgan fingerprint density at radius 1 is 1.24 bits per heavy atom. The van der Waals surface area contributed by atoms with Crippen molar-refractivity contribution in [3.8, 4) is 5.40 Å². The third-order valence-corrected chi connectivity index (χ3v) is 6.90. The Morgan fingerprint density at radius 2 is 1.95 bits per heavy atom. The van der Waals surface area contributed by atoms with E-state index in [2.05, 4.69) is 54.7 Å². The normalized spacial score (nSPS) is 18.4. The molecule has 0 aliphatic carbocycles. The first-order chi connectivity index (χ1) is 10.2. The van der Waals surface area contributed by atoms with E-state index in [1.165, 1.54) is 33.1 Å². The van der Waals surface area contributed by atoms with Crippen LogP contribution in [0.25, 0.3) is 6.08 Å². The molecule has 1 aliphatic heterocycles. The molecule has 1 aromatic carbocycles. The molecule has 0 saturated carbocycles. The molecule has 0 saturated heterocycles. The molecular weight excluding hydrogens is 296 g/mol. The molecule has 1 aromatic rings. The second-order valence-electron chi connectivity index (χ2n) is 5.29. The highest BCUT2D eigenvalue weighted by Gasteiger charge is 2.21. The van der Waals surface area contributed by atoms with Crippen molar-refractivity contribution in [2.24, 2.45) is 0 Å². The topological polar surface area (TPSA) is 27.0 Å². The van der Waals surface area contributed by atoms with Gasteiger partial charge in [0.2, 0.25) is 0 Å². The molecule has 0 N–H and O–H groups in total. The molecule has 1 aliphatic rings. The van der Waals surface area contributed by atoms with Gasteiger partial charge in [-0.25, -0.2) is 0 Å². The summed E-state index contributed by atoms with van der Waals surface area (Å²) in [5, 5.41) is 12.0. The van der Waals surface area contributed by atoms with Gasteiger partial charge in [0, 0.05) is 15.7 Å². The molecule has 1 atom stereocenters. The smallest absolute Gasteiger partial charge is 0.119 e. The molecule has 0 fully saturated rings. The van der Waals surface area contributed by atoms with E-state index in [-0.39, 0.29) is 0 Å². The molecular formula is C17H24N2S2. The number of nitriles is 1. The standard InChI is InChI=1S/C17H24N2S2/c1-4-8-19(9-5-2)12-14-6-7-15-11-17(20-3)21(13-18)16(15)10-14/h6-7,10-11,21H,4-5,8-9,12H2,1-3H3. The molecule has 0 aromatic heterocycles. The Hall–Kier alpha value is -0.890. The third kappa shape index (κ3) is 3.85. The van der Waals surface area contributed by atoms with Gasteiger partial charge in [-0.15, -0.1) is 22.7 Å². The van der Waals surface area contributed by atoms with Gasteiger partial charge in [0.15, 0.2) is 0 Å². The van der Waals surface area contributed by atoms with Gasteiger partial charge in [-0.2, -0.15) is 5.26 Å². The van der Waals surface area contributed by atoms with Crippen LogP contribution in [0.15, 0.2) is 27.3 Å². The third-order valence-electron chi connectivity index (χ3n) is 3.63. The lowest BCUT2D eigenvalue weighted by atomic mass is 10.1. The SMILES string of the molecule is CCCN(CCC)Cc1ccc2c(c1)[SH](C#N)C(SC)=C2. The fourth-order valence-electron chi connectivity index (χ4n) is 2.73. The highest BCUT2D eigenvalue weighted by molar-refractivity contribution is 8.35. The number of fused-ring (bicyclic) bond motifs is 1. The van der Waals surface area contributed by atoms with Crippen molar-refractivity contribution in [1.29, 1.82) is 5.26 Å². The molecule has 0 amide bonds. The molecule has 1 unspecified atom stereocenters. The number of rotatable bonds is 7. The van der Waals surface area contributed by atoms with Crippen molar-refractivity contribution in [2.45, 2.75) is 38.1 Å².